The molecule has 0 saturated heterocycles. The molecule has 2 nitrogen and oxygen atoms in total. The van der Waals surface area contributed by atoms with Crippen molar-refractivity contribution in [2.45, 2.75) is 27.7 Å². The fourth-order valence-electron chi connectivity index (χ4n) is 1.38. The van der Waals surface area contributed by atoms with E-state index in [1.165, 1.54) is 0 Å². The molecule has 0 aromatic heterocycles. The van der Waals surface area contributed by atoms with Crippen LogP contribution in [0.2, 0.25) is 5.02 Å². The normalized spacial score (nSPS) is 9.88. The summed E-state index contributed by atoms with van der Waals surface area (Å²) in [5.74, 6) is 0.0167. The predicted octanol–water partition coefficient (Wildman–Crippen LogP) is 3.55. The summed E-state index contributed by atoms with van der Waals surface area (Å²) < 4.78 is 0. The summed E-state index contributed by atoms with van der Waals surface area (Å²) in [6, 6.07) is 3.70. The van der Waals surface area contributed by atoms with E-state index in [0.29, 0.717) is 5.02 Å². The van der Waals surface area contributed by atoms with Gasteiger partial charge < -0.3 is 5.32 Å². The van der Waals surface area contributed by atoms with Crippen molar-refractivity contribution in [2.75, 3.05) is 5.32 Å². The minimum Gasteiger partial charge on any atom is -0.325 e. The molecule has 4 heteroatoms. The predicted molar refractivity (Wildman–Crippen MR) is 64.4 cm³/mol. The van der Waals surface area contributed by atoms with Crippen LogP contribution in [0.3, 0.4) is 0 Å². The van der Waals surface area contributed by atoms with Crippen LogP contribution in [-0.4, -0.2) is 5.91 Å². The number of nitrogens with one attached hydrogen (secondary N) is 1. The second-order valence-electron chi connectivity index (χ2n) is 4.06. The molecular formula is C12H16ClNOY. The van der Waals surface area contributed by atoms with Crippen LogP contribution in [-0.2, 0) is 37.5 Å². The Balaban J connectivity index is 0.00000225. The fourth-order valence-corrected chi connectivity index (χ4v) is 1.70. The number of halogens is 1. The van der Waals surface area contributed by atoms with Crippen LogP contribution in [0.15, 0.2) is 12.1 Å². The van der Waals surface area contributed by atoms with Crippen LogP contribution in [0, 0.1) is 19.8 Å². The molecule has 1 aromatic carbocycles. The van der Waals surface area contributed by atoms with Crippen LogP contribution < -0.4 is 5.32 Å². The third-order valence-electron chi connectivity index (χ3n) is 2.27. The first-order chi connectivity index (χ1) is 6.91. The third-order valence-corrected chi connectivity index (χ3v) is 2.49. The van der Waals surface area contributed by atoms with Gasteiger partial charge in [-0.1, -0.05) is 25.4 Å². The standard InChI is InChI=1S/C12H16ClNO.Y/c1-7(2)12(15)14-11-8(3)5-10(13)6-9(11)4;/h5-7H,1-4H3,(H,14,15);. The molecule has 1 amide bonds. The maximum absolute atomic E-state index is 11.6. The second kappa shape index (κ2) is 6.73. The number of hydrogen-bond donors (Lipinski definition) is 1. The number of aryl methyl sites for hydroxylation is 2. The Morgan fingerprint density at radius 1 is 1.25 bits per heavy atom. The zero-order valence-corrected chi connectivity index (χ0v) is 13.7. The van der Waals surface area contributed by atoms with Gasteiger partial charge in [-0.3, -0.25) is 4.79 Å². The van der Waals surface area contributed by atoms with Crippen LogP contribution >= 0.6 is 11.6 Å². The molecule has 85 valence electrons. The topological polar surface area (TPSA) is 29.1 Å². The number of benzene rings is 1. The Labute approximate surface area is 127 Å². The Morgan fingerprint density at radius 3 is 2.06 bits per heavy atom. The molecule has 0 spiro atoms. The first-order valence-corrected chi connectivity index (χ1v) is 5.37. The monoisotopic (exact) mass is 314 g/mol. The summed E-state index contributed by atoms with van der Waals surface area (Å²) in [4.78, 5) is 11.6. The molecule has 0 aliphatic carbocycles. The number of hydrogen-bond acceptors (Lipinski definition) is 1. The summed E-state index contributed by atoms with van der Waals surface area (Å²) in [7, 11) is 0. The average Bonchev–Trinajstić information content (AvgIpc) is 2.10. The van der Waals surface area contributed by atoms with Gasteiger partial charge >= 0.3 is 0 Å². The van der Waals surface area contributed by atoms with Gasteiger partial charge in [-0.25, -0.2) is 0 Å². The van der Waals surface area contributed by atoms with E-state index in [2.05, 4.69) is 5.32 Å². The number of amides is 1. The van der Waals surface area contributed by atoms with Gasteiger partial charge in [-0.15, -0.1) is 0 Å². The second-order valence-corrected chi connectivity index (χ2v) is 4.49. The van der Waals surface area contributed by atoms with E-state index in [9.17, 15) is 4.79 Å². The van der Waals surface area contributed by atoms with Gasteiger partial charge in [0, 0.05) is 49.3 Å². The van der Waals surface area contributed by atoms with Crippen molar-refractivity contribution < 1.29 is 37.5 Å². The van der Waals surface area contributed by atoms with E-state index >= 15 is 0 Å². The molecular weight excluding hydrogens is 298 g/mol. The van der Waals surface area contributed by atoms with Gasteiger partial charge in [0.15, 0.2) is 0 Å². The fraction of sp³-hybridized carbons (Fsp3) is 0.417. The van der Waals surface area contributed by atoms with E-state index in [0.717, 1.165) is 16.8 Å². The van der Waals surface area contributed by atoms with Gasteiger partial charge in [0.05, 0.1) is 0 Å². The minimum atomic E-state index is -0.0144. The summed E-state index contributed by atoms with van der Waals surface area (Å²) in [5.41, 5.74) is 2.86. The molecule has 0 unspecified atom stereocenters. The SMILES string of the molecule is Cc1cc(Cl)cc(C)c1NC(=O)C(C)C.[Y]. The smallest absolute Gasteiger partial charge is 0.226 e. The Morgan fingerprint density at radius 2 is 1.69 bits per heavy atom. The van der Waals surface area contributed by atoms with Crippen molar-refractivity contribution in [2.24, 2.45) is 5.92 Å². The molecule has 0 aliphatic rings. The molecule has 1 radical (unpaired) electrons. The van der Waals surface area contributed by atoms with Crippen molar-refractivity contribution in [3.63, 3.8) is 0 Å². The van der Waals surface area contributed by atoms with Crippen molar-refractivity contribution in [3.8, 4) is 0 Å². The van der Waals surface area contributed by atoms with Gasteiger partial charge in [-0.2, -0.15) is 0 Å². The number of carbonyl (C=O) groups excluding carboxylic acids is 1. The van der Waals surface area contributed by atoms with Crippen LogP contribution in [0.25, 0.3) is 0 Å². The molecule has 0 saturated carbocycles. The van der Waals surface area contributed by atoms with Gasteiger partial charge in [-0.05, 0) is 37.1 Å². The summed E-state index contributed by atoms with van der Waals surface area (Å²) in [6.45, 7) is 7.62. The number of carbonyl (C=O) groups is 1. The molecule has 0 heterocycles. The van der Waals surface area contributed by atoms with E-state index in [1.807, 2.05) is 39.8 Å². The molecule has 1 aromatic rings. The molecule has 0 bridgehead atoms. The molecule has 16 heavy (non-hydrogen) atoms. The van der Waals surface area contributed by atoms with Gasteiger partial charge in [0.2, 0.25) is 5.91 Å². The van der Waals surface area contributed by atoms with Crippen molar-refractivity contribution in [1.82, 2.24) is 0 Å². The Kier molecular flexibility index (Phi) is 6.77. The zero-order valence-electron chi connectivity index (χ0n) is 10.1. The van der Waals surface area contributed by atoms with Crippen molar-refractivity contribution >= 4 is 23.2 Å². The van der Waals surface area contributed by atoms with Crippen molar-refractivity contribution in [1.29, 1.82) is 0 Å². The maximum Gasteiger partial charge on any atom is 0.226 e. The van der Waals surface area contributed by atoms with E-state index in [4.69, 9.17) is 11.6 Å². The van der Waals surface area contributed by atoms with Crippen molar-refractivity contribution in [3.05, 3.63) is 28.3 Å². The van der Waals surface area contributed by atoms with Gasteiger partial charge in [0.1, 0.15) is 0 Å². The summed E-state index contributed by atoms with van der Waals surface area (Å²) >= 11 is 5.91. The maximum atomic E-state index is 11.6. The number of anilines is 1. The summed E-state index contributed by atoms with van der Waals surface area (Å²) in [6.07, 6.45) is 0. The molecule has 1 rings (SSSR count). The first kappa shape index (κ1) is 16.1. The molecule has 0 fully saturated rings. The van der Waals surface area contributed by atoms with Crippen LogP contribution in [0.1, 0.15) is 25.0 Å². The van der Waals surface area contributed by atoms with Crippen LogP contribution in [0.5, 0.6) is 0 Å². The third kappa shape index (κ3) is 4.16. The van der Waals surface area contributed by atoms with E-state index in [-0.39, 0.29) is 44.5 Å². The number of rotatable bonds is 2. The van der Waals surface area contributed by atoms with Crippen LogP contribution in [0.4, 0.5) is 5.69 Å². The molecule has 1 N–H and O–H groups in total. The van der Waals surface area contributed by atoms with E-state index in [1.54, 1.807) is 0 Å². The minimum absolute atomic E-state index is 0. The quantitative estimate of drug-likeness (QED) is 0.888. The first-order valence-electron chi connectivity index (χ1n) is 4.99. The molecule has 0 aliphatic heterocycles. The largest absolute Gasteiger partial charge is 0.325 e. The summed E-state index contributed by atoms with van der Waals surface area (Å²) in [5, 5.41) is 3.61. The molecule has 0 atom stereocenters. The average molecular weight is 315 g/mol. The Bertz CT molecular complexity index is 368. The van der Waals surface area contributed by atoms with Gasteiger partial charge in [0.25, 0.3) is 0 Å². The Hall–Kier alpha value is 0.0839. The van der Waals surface area contributed by atoms with E-state index < -0.39 is 0 Å². The zero-order chi connectivity index (χ0) is 11.6.